The highest BCUT2D eigenvalue weighted by atomic mass is 16.5. The van der Waals surface area contributed by atoms with Crippen LogP contribution in [0, 0.1) is 0 Å². The van der Waals surface area contributed by atoms with Gasteiger partial charge in [-0.1, -0.05) is 6.07 Å². The lowest BCUT2D eigenvalue weighted by molar-refractivity contribution is 0.169. The molecule has 0 spiro atoms. The zero-order chi connectivity index (χ0) is 15.2. The van der Waals surface area contributed by atoms with Crippen molar-refractivity contribution in [3.05, 3.63) is 23.8 Å². The maximum Gasteiger partial charge on any atom is 0.161 e. The quantitative estimate of drug-likeness (QED) is 0.846. The molecule has 1 fully saturated rings. The molecule has 1 aromatic carbocycles. The van der Waals surface area contributed by atoms with Gasteiger partial charge in [-0.25, -0.2) is 0 Å². The SMILES string of the molecule is CCOc1cc(CN(C)C2CCC(NC)CC2)ccc1O. The van der Waals surface area contributed by atoms with E-state index in [0.717, 1.165) is 6.54 Å². The number of hydrogen-bond donors (Lipinski definition) is 2. The first-order valence-electron chi connectivity index (χ1n) is 7.96. The summed E-state index contributed by atoms with van der Waals surface area (Å²) in [6.07, 6.45) is 5.01. The van der Waals surface area contributed by atoms with Crippen molar-refractivity contribution in [3.63, 3.8) is 0 Å². The number of nitrogens with one attached hydrogen (secondary N) is 1. The summed E-state index contributed by atoms with van der Waals surface area (Å²) in [6, 6.07) is 7.00. The second-order valence-corrected chi connectivity index (χ2v) is 5.94. The molecule has 0 aromatic heterocycles. The fourth-order valence-electron chi connectivity index (χ4n) is 3.15. The highest BCUT2D eigenvalue weighted by Gasteiger charge is 2.23. The summed E-state index contributed by atoms with van der Waals surface area (Å²) in [5.74, 6) is 0.806. The molecule has 0 saturated heterocycles. The normalized spacial score (nSPS) is 22.5. The number of hydrogen-bond acceptors (Lipinski definition) is 4. The van der Waals surface area contributed by atoms with E-state index in [1.807, 2.05) is 19.1 Å². The van der Waals surface area contributed by atoms with Gasteiger partial charge in [0.25, 0.3) is 0 Å². The molecule has 0 atom stereocenters. The Kier molecular flexibility index (Phi) is 5.88. The van der Waals surface area contributed by atoms with Crippen molar-refractivity contribution in [3.8, 4) is 11.5 Å². The zero-order valence-corrected chi connectivity index (χ0v) is 13.4. The zero-order valence-electron chi connectivity index (χ0n) is 13.4. The fourth-order valence-corrected chi connectivity index (χ4v) is 3.15. The lowest BCUT2D eigenvalue weighted by Gasteiger charge is -2.34. The van der Waals surface area contributed by atoms with E-state index in [0.29, 0.717) is 24.4 Å². The summed E-state index contributed by atoms with van der Waals surface area (Å²) in [4.78, 5) is 2.42. The maximum absolute atomic E-state index is 9.76. The van der Waals surface area contributed by atoms with E-state index in [1.54, 1.807) is 6.07 Å². The first kappa shape index (κ1) is 16.1. The lowest BCUT2D eigenvalue weighted by Crippen LogP contribution is -2.39. The third-order valence-corrected chi connectivity index (χ3v) is 4.48. The van der Waals surface area contributed by atoms with Crippen LogP contribution >= 0.6 is 0 Å². The molecule has 4 nitrogen and oxygen atoms in total. The summed E-state index contributed by atoms with van der Waals surface area (Å²) in [7, 11) is 4.25. The van der Waals surface area contributed by atoms with E-state index in [9.17, 15) is 5.11 Å². The van der Waals surface area contributed by atoms with E-state index in [1.165, 1.54) is 31.2 Å². The summed E-state index contributed by atoms with van der Waals surface area (Å²) in [5, 5.41) is 13.1. The van der Waals surface area contributed by atoms with Gasteiger partial charge < -0.3 is 15.2 Å². The van der Waals surface area contributed by atoms with E-state index < -0.39 is 0 Å². The van der Waals surface area contributed by atoms with Crippen molar-refractivity contribution in [2.75, 3.05) is 20.7 Å². The van der Waals surface area contributed by atoms with Crippen molar-refractivity contribution >= 4 is 0 Å². The summed E-state index contributed by atoms with van der Waals surface area (Å²) < 4.78 is 5.46. The lowest BCUT2D eigenvalue weighted by atomic mass is 9.90. The second-order valence-electron chi connectivity index (χ2n) is 5.94. The molecular weight excluding hydrogens is 264 g/mol. The molecule has 21 heavy (non-hydrogen) atoms. The number of rotatable bonds is 6. The van der Waals surface area contributed by atoms with Crippen molar-refractivity contribution in [1.82, 2.24) is 10.2 Å². The van der Waals surface area contributed by atoms with E-state index in [2.05, 4.69) is 24.3 Å². The largest absolute Gasteiger partial charge is 0.504 e. The van der Waals surface area contributed by atoms with Crippen LogP contribution in [-0.2, 0) is 6.54 Å². The topological polar surface area (TPSA) is 44.7 Å². The average molecular weight is 292 g/mol. The number of benzene rings is 1. The molecular formula is C17H28N2O2. The number of aromatic hydroxyl groups is 1. The van der Waals surface area contributed by atoms with Crippen LogP contribution < -0.4 is 10.1 Å². The predicted molar refractivity (Wildman–Crippen MR) is 85.8 cm³/mol. The summed E-state index contributed by atoms with van der Waals surface area (Å²) >= 11 is 0. The van der Waals surface area contributed by atoms with Gasteiger partial charge in [0.2, 0.25) is 0 Å². The third kappa shape index (κ3) is 4.35. The number of phenols is 1. The van der Waals surface area contributed by atoms with Crippen LogP contribution in [0.25, 0.3) is 0 Å². The Morgan fingerprint density at radius 3 is 2.62 bits per heavy atom. The van der Waals surface area contributed by atoms with Gasteiger partial charge in [-0.15, -0.1) is 0 Å². The molecule has 1 aliphatic rings. The Morgan fingerprint density at radius 1 is 1.29 bits per heavy atom. The van der Waals surface area contributed by atoms with Crippen LogP contribution in [-0.4, -0.2) is 42.8 Å². The first-order chi connectivity index (χ1) is 10.1. The molecule has 1 aliphatic carbocycles. The van der Waals surface area contributed by atoms with Gasteiger partial charge >= 0.3 is 0 Å². The molecule has 1 saturated carbocycles. The highest BCUT2D eigenvalue weighted by Crippen LogP contribution is 2.28. The molecule has 2 rings (SSSR count). The summed E-state index contributed by atoms with van der Waals surface area (Å²) in [6.45, 7) is 3.40. The van der Waals surface area contributed by atoms with Crippen molar-refractivity contribution in [1.29, 1.82) is 0 Å². The minimum absolute atomic E-state index is 0.220. The summed E-state index contributed by atoms with van der Waals surface area (Å²) in [5.41, 5.74) is 1.19. The molecule has 1 aromatic rings. The molecule has 0 unspecified atom stereocenters. The highest BCUT2D eigenvalue weighted by molar-refractivity contribution is 5.41. The molecule has 0 amide bonds. The van der Waals surface area contributed by atoms with Gasteiger partial charge in [-0.05, 0) is 64.4 Å². The van der Waals surface area contributed by atoms with E-state index in [4.69, 9.17) is 4.74 Å². The van der Waals surface area contributed by atoms with Crippen molar-refractivity contribution < 1.29 is 9.84 Å². The van der Waals surface area contributed by atoms with Gasteiger partial charge in [0.1, 0.15) is 0 Å². The van der Waals surface area contributed by atoms with Crippen molar-refractivity contribution in [2.24, 2.45) is 0 Å². The van der Waals surface area contributed by atoms with Crippen LogP contribution in [0.4, 0.5) is 0 Å². The van der Waals surface area contributed by atoms with Gasteiger partial charge in [-0.2, -0.15) is 0 Å². The Bertz CT molecular complexity index is 442. The predicted octanol–water partition coefficient (Wildman–Crippen LogP) is 2.75. The van der Waals surface area contributed by atoms with Crippen LogP contribution in [0.2, 0.25) is 0 Å². The molecule has 0 bridgehead atoms. The minimum atomic E-state index is 0.220. The molecule has 2 N–H and O–H groups in total. The molecule has 0 heterocycles. The molecule has 0 aliphatic heterocycles. The monoisotopic (exact) mass is 292 g/mol. The Balaban J connectivity index is 1.93. The van der Waals surface area contributed by atoms with Gasteiger partial charge in [0.15, 0.2) is 11.5 Å². The molecule has 118 valence electrons. The second kappa shape index (κ2) is 7.66. The third-order valence-electron chi connectivity index (χ3n) is 4.48. The number of ether oxygens (including phenoxy) is 1. The smallest absolute Gasteiger partial charge is 0.161 e. The van der Waals surface area contributed by atoms with Crippen molar-refractivity contribution in [2.45, 2.75) is 51.2 Å². The van der Waals surface area contributed by atoms with E-state index >= 15 is 0 Å². The van der Waals surface area contributed by atoms with Crippen LogP contribution in [0.15, 0.2) is 18.2 Å². The first-order valence-corrected chi connectivity index (χ1v) is 7.96. The average Bonchev–Trinajstić information content (AvgIpc) is 2.51. The van der Waals surface area contributed by atoms with Gasteiger partial charge in [0.05, 0.1) is 6.61 Å². The van der Waals surface area contributed by atoms with E-state index in [-0.39, 0.29) is 5.75 Å². The maximum atomic E-state index is 9.76. The number of nitrogens with zero attached hydrogens (tertiary/aromatic N) is 1. The standard InChI is InChI=1S/C17H28N2O2/c1-4-21-17-11-13(5-10-16(17)20)12-19(3)15-8-6-14(18-2)7-9-15/h5,10-11,14-15,18,20H,4,6-9,12H2,1-3H3. The molecule has 4 heteroatoms. The minimum Gasteiger partial charge on any atom is -0.504 e. The van der Waals surface area contributed by atoms with Gasteiger partial charge in [-0.3, -0.25) is 4.90 Å². The van der Waals surface area contributed by atoms with Crippen LogP contribution in [0.5, 0.6) is 11.5 Å². The number of phenolic OH excluding ortho intramolecular Hbond substituents is 1. The fraction of sp³-hybridized carbons (Fsp3) is 0.647. The Morgan fingerprint density at radius 2 is 2.00 bits per heavy atom. The van der Waals surface area contributed by atoms with Gasteiger partial charge in [0, 0.05) is 18.6 Å². The van der Waals surface area contributed by atoms with Crippen LogP contribution in [0.1, 0.15) is 38.2 Å². The molecule has 0 radical (unpaired) electrons. The Hall–Kier alpha value is -1.26. The Labute approximate surface area is 128 Å². The van der Waals surface area contributed by atoms with Crippen LogP contribution in [0.3, 0.4) is 0 Å².